The Morgan fingerprint density at radius 3 is 2.55 bits per heavy atom. The SMILES string of the molecule is C=CC(c1cccc(-c2ccc(CN)cc2)c1)S(=O)(=O)n1ccc(/C=C/C(=O)NO)c1. The minimum Gasteiger partial charge on any atom is -0.326 e. The molecule has 1 unspecified atom stereocenters. The number of nitrogens with one attached hydrogen (secondary N) is 1. The smallest absolute Gasteiger partial charge is 0.267 e. The van der Waals surface area contributed by atoms with Crippen LogP contribution in [0.25, 0.3) is 17.2 Å². The van der Waals surface area contributed by atoms with Crippen molar-refractivity contribution in [2.24, 2.45) is 5.73 Å². The predicted molar refractivity (Wildman–Crippen MR) is 120 cm³/mol. The maximum atomic E-state index is 13.2. The maximum Gasteiger partial charge on any atom is 0.267 e. The van der Waals surface area contributed by atoms with E-state index < -0.39 is 21.2 Å². The first-order valence-corrected chi connectivity index (χ1v) is 11.0. The van der Waals surface area contributed by atoms with Gasteiger partial charge in [0.1, 0.15) is 5.25 Å². The zero-order valence-electron chi connectivity index (χ0n) is 16.7. The number of carbonyl (C=O) groups is 1. The van der Waals surface area contributed by atoms with Gasteiger partial charge in [0, 0.05) is 25.0 Å². The van der Waals surface area contributed by atoms with E-state index >= 15 is 0 Å². The van der Waals surface area contributed by atoms with Gasteiger partial charge in [-0.3, -0.25) is 14.0 Å². The maximum absolute atomic E-state index is 13.2. The number of amides is 1. The number of aromatic nitrogens is 1. The molecule has 0 saturated carbocycles. The molecule has 8 heteroatoms. The standard InChI is InChI=1S/C23H23N3O4S/c1-2-22(31(29,30)26-13-12-18(16-26)8-11-23(27)25-28)21-5-3-4-20(14-21)19-9-6-17(15-24)7-10-19/h2-14,16,22,28H,1,15,24H2,(H,25,27)/b11-8+. The molecule has 3 rings (SSSR count). The van der Waals surface area contributed by atoms with Crippen molar-refractivity contribution in [1.29, 1.82) is 0 Å². The molecule has 1 heterocycles. The predicted octanol–water partition coefficient (Wildman–Crippen LogP) is 3.24. The third-order valence-electron chi connectivity index (χ3n) is 4.79. The van der Waals surface area contributed by atoms with Crippen LogP contribution in [0.2, 0.25) is 0 Å². The van der Waals surface area contributed by atoms with E-state index in [1.165, 1.54) is 30.0 Å². The normalized spacial score (nSPS) is 12.6. The molecule has 3 aromatic rings. The van der Waals surface area contributed by atoms with E-state index in [0.717, 1.165) is 26.7 Å². The monoisotopic (exact) mass is 437 g/mol. The molecule has 2 aromatic carbocycles. The molecule has 0 spiro atoms. The fourth-order valence-corrected chi connectivity index (χ4v) is 4.64. The molecule has 160 valence electrons. The van der Waals surface area contributed by atoms with Gasteiger partial charge in [-0.15, -0.1) is 6.58 Å². The minimum absolute atomic E-state index is 0.454. The van der Waals surface area contributed by atoms with Crippen LogP contribution in [0, 0.1) is 0 Å². The third kappa shape index (κ3) is 5.00. The van der Waals surface area contributed by atoms with Crippen molar-refractivity contribution in [2.75, 3.05) is 0 Å². The lowest BCUT2D eigenvalue weighted by atomic mass is 10.0. The summed E-state index contributed by atoms with van der Waals surface area (Å²) in [5.41, 5.74) is 11.1. The average molecular weight is 438 g/mol. The van der Waals surface area contributed by atoms with Gasteiger partial charge in [-0.2, -0.15) is 0 Å². The molecule has 0 aliphatic rings. The van der Waals surface area contributed by atoms with Gasteiger partial charge in [0.25, 0.3) is 5.91 Å². The van der Waals surface area contributed by atoms with E-state index in [-0.39, 0.29) is 0 Å². The van der Waals surface area contributed by atoms with E-state index in [2.05, 4.69) is 6.58 Å². The van der Waals surface area contributed by atoms with Gasteiger partial charge in [-0.05, 0) is 46.0 Å². The molecule has 0 aliphatic carbocycles. The molecule has 0 fully saturated rings. The largest absolute Gasteiger partial charge is 0.326 e. The number of carbonyl (C=O) groups excluding carboxylic acids is 1. The lowest BCUT2D eigenvalue weighted by molar-refractivity contribution is -0.124. The van der Waals surface area contributed by atoms with Crippen molar-refractivity contribution >= 4 is 22.0 Å². The summed E-state index contributed by atoms with van der Waals surface area (Å²) in [6, 6.07) is 16.6. The summed E-state index contributed by atoms with van der Waals surface area (Å²) in [5.74, 6) is -0.712. The highest BCUT2D eigenvalue weighted by molar-refractivity contribution is 7.90. The molecule has 4 N–H and O–H groups in total. The van der Waals surface area contributed by atoms with E-state index in [1.54, 1.807) is 12.1 Å². The van der Waals surface area contributed by atoms with E-state index in [1.807, 2.05) is 42.5 Å². The van der Waals surface area contributed by atoms with Crippen LogP contribution in [0.1, 0.15) is 21.9 Å². The van der Waals surface area contributed by atoms with Gasteiger partial charge in [-0.25, -0.2) is 13.9 Å². The summed E-state index contributed by atoms with van der Waals surface area (Å²) < 4.78 is 27.6. The van der Waals surface area contributed by atoms with Crippen LogP contribution in [0.4, 0.5) is 0 Å². The van der Waals surface area contributed by atoms with E-state index in [4.69, 9.17) is 10.9 Å². The third-order valence-corrected chi connectivity index (χ3v) is 6.72. The summed E-state index contributed by atoms with van der Waals surface area (Å²) in [5, 5.41) is 7.57. The van der Waals surface area contributed by atoms with Crippen LogP contribution >= 0.6 is 0 Å². The van der Waals surface area contributed by atoms with Gasteiger partial charge in [0.15, 0.2) is 0 Å². The molecule has 0 radical (unpaired) electrons. The Morgan fingerprint density at radius 2 is 1.90 bits per heavy atom. The fraction of sp³-hybridized carbons (Fsp3) is 0.0870. The lowest BCUT2D eigenvalue weighted by Crippen LogP contribution is -2.18. The number of hydrogen-bond acceptors (Lipinski definition) is 5. The Hall–Kier alpha value is -3.46. The lowest BCUT2D eigenvalue weighted by Gasteiger charge is -2.16. The number of hydrogen-bond donors (Lipinski definition) is 3. The van der Waals surface area contributed by atoms with Crippen molar-refractivity contribution in [1.82, 2.24) is 9.45 Å². The van der Waals surface area contributed by atoms with Crippen LogP contribution in [0.3, 0.4) is 0 Å². The van der Waals surface area contributed by atoms with Crippen LogP contribution in [0.5, 0.6) is 0 Å². The van der Waals surface area contributed by atoms with Gasteiger partial charge in [0.05, 0.1) is 0 Å². The number of nitrogens with two attached hydrogens (primary N) is 1. The molecule has 31 heavy (non-hydrogen) atoms. The van der Waals surface area contributed by atoms with Crippen LogP contribution < -0.4 is 11.2 Å². The Bertz CT molecular complexity index is 1210. The highest BCUT2D eigenvalue weighted by Crippen LogP contribution is 2.30. The molecule has 1 atom stereocenters. The van der Waals surface area contributed by atoms with Crippen molar-refractivity contribution in [3.63, 3.8) is 0 Å². The second kappa shape index (κ2) is 9.57. The number of rotatable bonds is 8. The van der Waals surface area contributed by atoms with Gasteiger partial charge >= 0.3 is 0 Å². The van der Waals surface area contributed by atoms with E-state index in [0.29, 0.717) is 17.7 Å². The summed E-state index contributed by atoms with van der Waals surface area (Å²) in [6.45, 7) is 4.18. The molecule has 1 aromatic heterocycles. The quantitative estimate of drug-likeness (QED) is 0.217. The second-order valence-corrected chi connectivity index (χ2v) is 8.77. The summed E-state index contributed by atoms with van der Waals surface area (Å²) in [6.07, 6.45) is 6.67. The highest BCUT2D eigenvalue weighted by Gasteiger charge is 2.26. The van der Waals surface area contributed by atoms with Crippen molar-refractivity contribution in [3.05, 3.63) is 102 Å². The van der Waals surface area contributed by atoms with Crippen molar-refractivity contribution < 1.29 is 18.4 Å². The number of benzene rings is 2. The molecule has 7 nitrogen and oxygen atoms in total. The van der Waals surface area contributed by atoms with Crippen LogP contribution in [-0.2, 0) is 21.4 Å². The first-order chi connectivity index (χ1) is 14.9. The summed E-state index contributed by atoms with van der Waals surface area (Å²) in [7, 11) is -3.84. The fourth-order valence-electron chi connectivity index (χ4n) is 3.15. The van der Waals surface area contributed by atoms with Gasteiger partial charge in [0.2, 0.25) is 10.0 Å². The zero-order chi connectivity index (χ0) is 22.4. The highest BCUT2D eigenvalue weighted by atomic mass is 32.2. The molecule has 1 amide bonds. The number of hydroxylamine groups is 1. The Morgan fingerprint density at radius 1 is 1.16 bits per heavy atom. The van der Waals surface area contributed by atoms with Crippen molar-refractivity contribution in [2.45, 2.75) is 11.8 Å². The molecule has 0 aliphatic heterocycles. The molecule has 0 bridgehead atoms. The van der Waals surface area contributed by atoms with Gasteiger partial charge < -0.3 is 5.73 Å². The van der Waals surface area contributed by atoms with E-state index in [9.17, 15) is 13.2 Å². The second-order valence-electron chi connectivity index (χ2n) is 6.81. The Labute approximate surface area is 181 Å². The summed E-state index contributed by atoms with van der Waals surface area (Å²) >= 11 is 0. The number of nitrogens with zero attached hydrogens (tertiary/aromatic N) is 1. The molecule has 0 saturated heterocycles. The Balaban J connectivity index is 1.92. The molecular formula is C23H23N3O4S. The zero-order valence-corrected chi connectivity index (χ0v) is 17.5. The topological polar surface area (TPSA) is 114 Å². The van der Waals surface area contributed by atoms with Gasteiger partial charge in [-0.1, -0.05) is 48.5 Å². The first-order valence-electron chi connectivity index (χ1n) is 9.45. The Kier molecular flexibility index (Phi) is 6.86. The van der Waals surface area contributed by atoms with Crippen molar-refractivity contribution in [3.8, 4) is 11.1 Å². The summed E-state index contributed by atoms with van der Waals surface area (Å²) in [4.78, 5) is 11.1. The first kappa shape index (κ1) is 22.2. The molecular weight excluding hydrogens is 414 g/mol. The van der Waals surface area contributed by atoms with Crippen LogP contribution in [0.15, 0.2) is 85.7 Å². The minimum atomic E-state index is -3.84. The van der Waals surface area contributed by atoms with Crippen LogP contribution in [-0.4, -0.2) is 23.5 Å². The average Bonchev–Trinajstić information content (AvgIpc) is 3.28.